The lowest BCUT2D eigenvalue weighted by atomic mass is 9.78. The maximum absolute atomic E-state index is 14.5. The summed E-state index contributed by atoms with van der Waals surface area (Å²) in [6.45, 7) is 14.9. The second kappa shape index (κ2) is 27.3. The molecule has 0 spiro atoms. The number of esters is 1. The fourth-order valence-electron chi connectivity index (χ4n) is 11.2. The van der Waals surface area contributed by atoms with Crippen molar-refractivity contribution in [2.24, 2.45) is 35.5 Å². The molecule has 1 saturated carbocycles. The number of fused-ring (bicyclic) bond motifs is 3. The lowest BCUT2D eigenvalue weighted by Crippen LogP contribution is -2.61. The third-order valence-corrected chi connectivity index (χ3v) is 17.4. The summed E-state index contributed by atoms with van der Waals surface area (Å²) in [7, 11) is -1.06. The van der Waals surface area contributed by atoms with Crippen molar-refractivity contribution >= 4 is 33.5 Å². The van der Waals surface area contributed by atoms with Crippen LogP contribution in [0.25, 0.3) is 0 Å². The molecular weight excluding hydrogens is 953 g/mol. The number of cyclic esters (lactones) is 1. The number of piperidine rings is 1. The summed E-state index contributed by atoms with van der Waals surface area (Å²) >= 11 is 0. The van der Waals surface area contributed by atoms with Crippen LogP contribution in [0.15, 0.2) is 76.8 Å². The summed E-state index contributed by atoms with van der Waals surface area (Å²) in [5.41, 5.74) is 1.95. The number of amides is 1. The summed E-state index contributed by atoms with van der Waals surface area (Å²) in [4.78, 5) is 58.6. The highest BCUT2D eigenvalue weighted by atomic mass is 32.2. The van der Waals surface area contributed by atoms with Crippen molar-refractivity contribution in [1.29, 1.82) is 0 Å². The number of ketones is 2. The van der Waals surface area contributed by atoms with Gasteiger partial charge >= 0.3 is 5.97 Å². The molecule has 73 heavy (non-hydrogen) atoms. The molecule has 408 valence electrons. The van der Waals surface area contributed by atoms with E-state index in [1.54, 1.807) is 71.2 Å². The van der Waals surface area contributed by atoms with Gasteiger partial charge in [0, 0.05) is 38.6 Å². The van der Waals surface area contributed by atoms with E-state index in [1.807, 2.05) is 45.9 Å². The summed E-state index contributed by atoms with van der Waals surface area (Å²) in [6, 6.07) is 4.57. The van der Waals surface area contributed by atoms with Crippen LogP contribution in [0.2, 0.25) is 0 Å². The molecule has 16 heteroatoms. The van der Waals surface area contributed by atoms with E-state index in [0.29, 0.717) is 75.4 Å². The number of nitrogens with one attached hydrogen (secondary N) is 1. The van der Waals surface area contributed by atoms with Gasteiger partial charge in [0.15, 0.2) is 5.78 Å². The Morgan fingerprint density at radius 2 is 1.59 bits per heavy atom. The van der Waals surface area contributed by atoms with Crippen LogP contribution in [0.1, 0.15) is 138 Å². The quantitative estimate of drug-likeness (QED) is 0.112. The molecule has 2 saturated heterocycles. The monoisotopic (exact) mass is 1040 g/mol. The molecule has 0 aromatic heterocycles. The minimum absolute atomic E-state index is 0.0210. The average Bonchev–Trinajstić information content (AvgIpc) is 3.35. The zero-order chi connectivity index (χ0) is 53.8. The number of methoxy groups -OCH3 is 2. The molecule has 1 aromatic rings. The number of hydrogen-bond donors (Lipinski definition) is 4. The van der Waals surface area contributed by atoms with Crippen LogP contribution in [-0.2, 0) is 48.1 Å². The van der Waals surface area contributed by atoms with Crippen molar-refractivity contribution in [3.05, 3.63) is 77.4 Å². The van der Waals surface area contributed by atoms with E-state index < -0.39 is 87.9 Å². The van der Waals surface area contributed by atoms with Crippen molar-refractivity contribution in [3.63, 3.8) is 0 Å². The molecule has 1 aliphatic carbocycles. The minimum atomic E-state index is -4.08. The molecule has 15 nitrogen and oxygen atoms in total. The number of aliphatic hydroxyl groups is 3. The van der Waals surface area contributed by atoms with Gasteiger partial charge in [0.2, 0.25) is 15.8 Å². The molecule has 1 aromatic carbocycles. The van der Waals surface area contributed by atoms with Gasteiger partial charge < -0.3 is 39.2 Å². The lowest BCUT2D eigenvalue weighted by molar-refractivity contribution is -0.264. The highest BCUT2D eigenvalue weighted by molar-refractivity contribution is 7.89. The normalized spacial score (nSPS) is 37.4. The molecule has 3 fully saturated rings. The molecule has 5 rings (SSSR count). The first-order valence-electron chi connectivity index (χ1n) is 26.7. The standard InChI is InChI=1S/C57H86N2O13S/c1-35-17-12-11-13-19-38(4)46(58-73(67,68)45-20-16-18-36(2)31-45)34-44-25-23-42(8)57(66,72-44)54(63)55(64)59-28-15-14-21-47(59)56(65)71-49(39(5)32-43-24-26-48(60)50(33-43)69-9)27-22-37(3)30-41(7)52(62)53(70-10)51(61)40(6)29-35/h11-13,16-20,30-31,35,37,39-40,42-44,46-50,52-53,58,60,62,66H,14-15,21-29,32-34H2,1-10H3/b13-11+,17-12+,38-19+,41-30+/t35-,37+,39-,40-,42-,43-,44+,46+,47+,48-,49+,50-,52-,53+,57-/m1/s1. The first kappa shape index (κ1) is 60.0. The van der Waals surface area contributed by atoms with Crippen LogP contribution in [0.5, 0.6) is 0 Å². The van der Waals surface area contributed by atoms with Crippen molar-refractivity contribution in [2.75, 3.05) is 20.8 Å². The average molecular weight is 1040 g/mol. The summed E-state index contributed by atoms with van der Waals surface area (Å²) in [5, 5.41) is 34.3. The van der Waals surface area contributed by atoms with Crippen molar-refractivity contribution in [1.82, 2.24) is 9.62 Å². The number of hydrogen-bond acceptors (Lipinski definition) is 13. The fraction of sp³-hybridized carbons (Fsp3) is 0.684. The largest absolute Gasteiger partial charge is 0.461 e. The number of Topliss-reactive ketones (excluding diaryl/α,β-unsaturated/α-hetero) is 2. The summed E-state index contributed by atoms with van der Waals surface area (Å²) in [5.74, 6) is -6.99. The molecule has 3 aliphatic heterocycles. The van der Waals surface area contributed by atoms with Crippen LogP contribution in [-0.4, -0.2) is 127 Å². The number of benzene rings is 1. The van der Waals surface area contributed by atoms with E-state index in [0.717, 1.165) is 12.0 Å². The SMILES string of the molecule is CO[C@@H]1C[C@@H](C[C@@H](C)[C@@H]2CC[C@H](C)/C=C(\C)[C@@H](O)[C@@H](OC)C(=O)[C@H](C)C[C@H](C)/C=C/C=C/C=C(\C)[C@@H](NS(=O)(=O)c3cccc(C)c3)C[C@@H]3CC[C@@H](C)[C@@](O)(O3)C(=O)C(=O)N3CCCC[C@H]3C(=O)O2)CC[C@H]1O. The van der Waals surface area contributed by atoms with Crippen molar-refractivity contribution < 1.29 is 61.9 Å². The Morgan fingerprint density at radius 1 is 0.849 bits per heavy atom. The van der Waals surface area contributed by atoms with Gasteiger partial charge in [0.25, 0.3) is 11.7 Å². The van der Waals surface area contributed by atoms with Crippen LogP contribution in [0.3, 0.4) is 0 Å². The maximum Gasteiger partial charge on any atom is 0.329 e. The van der Waals surface area contributed by atoms with Crippen molar-refractivity contribution in [3.8, 4) is 0 Å². The van der Waals surface area contributed by atoms with E-state index >= 15 is 0 Å². The van der Waals surface area contributed by atoms with Gasteiger partial charge in [-0.15, -0.1) is 0 Å². The van der Waals surface area contributed by atoms with E-state index in [-0.39, 0.29) is 59.8 Å². The van der Waals surface area contributed by atoms with E-state index in [4.69, 9.17) is 18.9 Å². The summed E-state index contributed by atoms with van der Waals surface area (Å²) < 4.78 is 54.6. The number of aliphatic hydroxyl groups excluding tert-OH is 2. The van der Waals surface area contributed by atoms with Crippen molar-refractivity contribution in [2.45, 2.75) is 198 Å². The second-order valence-electron chi connectivity index (χ2n) is 22.0. The van der Waals surface area contributed by atoms with E-state index in [2.05, 4.69) is 4.72 Å². The van der Waals surface area contributed by atoms with Crippen LogP contribution in [0, 0.1) is 42.4 Å². The first-order chi connectivity index (χ1) is 34.5. The third kappa shape index (κ3) is 16.1. The number of sulfonamides is 1. The molecule has 4 N–H and O–H groups in total. The Kier molecular flexibility index (Phi) is 22.4. The zero-order valence-corrected chi connectivity index (χ0v) is 45.9. The van der Waals surface area contributed by atoms with Gasteiger partial charge in [-0.3, -0.25) is 14.4 Å². The number of nitrogens with zero attached hydrogens (tertiary/aromatic N) is 1. The maximum atomic E-state index is 14.5. The fourth-order valence-corrected chi connectivity index (χ4v) is 12.6. The van der Waals surface area contributed by atoms with Gasteiger partial charge in [0.05, 0.1) is 23.2 Å². The summed E-state index contributed by atoms with van der Waals surface area (Å²) in [6.07, 6.45) is 12.7. The number of aryl methyl sites for hydroxylation is 1. The predicted molar refractivity (Wildman–Crippen MR) is 279 cm³/mol. The van der Waals surface area contributed by atoms with Crippen LogP contribution >= 0.6 is 0 Å². The molecule has 0 unspecified atom stereocenters. The Labute approximate surface area is 435 Å². The van der Waals surface area contributed by atoms with Gasteiger partial charge in [-0.05, 0) is 151 Å². The molecule has 4 aliphatic rings. The Balaban J connectivity index is 1.50. The van der Waals surface area contributed by atoms with Crippen LogP contribution in [0.4, 0.5) is 0 Å². The number of carbonyl (C=O) groups excluding carboxylic acids is 4. The van der Waals surface area contributed by atoms with Gasteiger partial charge in [0.1, 0.15) is 24.4 Å². The zero-order valence-electron chi connectivity index (χ0n) is 45.0. The third-order valence-electron chi connectivity index (χ3n) is 15.9. The number of carbonyl (C=O) groups is 4. The number of allylic oxidation sites excluding steroid dienone is 6. The van der Waals surface area contributed by atoms with Gasteiger partial charge in [-0.25, -0.2) is 17.9 Å². The first-order valence-corrected chi connectivity index (χ1v) is 28.2. The number of rotatable bonds is 8. The smallest absolute Gasteiger partial charge is 0.329 e. The molecule has 15 atom stereocenters. The molecular formula is C57H86N2O13S. The highest BCUT2D eigenvalue weighted by Gasteiger charge is 2.53. The van der Waals surface area contributed by atoms with Gasteiger partial charge in [-0.2, -0.15) is 0 Å². The molecule has 2 bridgehead atoms. The predicted octanol–water partition coefficient (Wildman–Crippen LogP) is 7.64. The second-order valence-corrected chi connectivity index (χ2v) is 23.7. The molecule has 3 heterocycles. The van der Waals surface area contributed by atoms with E-state index in [9.17, 15) is 42.9 Å². The lowest BCUT2D eigenvalue weighted by Gasteiger charge is -2.43. The molecule has 1 amide bonds. The Bertz CT molecular complexity index is 2280. The number of ether oxygens (including phenoxy) is 4. The van der Waals surface area contributed by atoms with E-state index in [1.165, 1.54) is 18.1 Å². The Morgan fingerprint density at radius 3 is 2.29 bits per heavy atom. The minimum Gasteiger partial charge on any atom is -0.461 e. The topological polar surface area (TPSA) is 215 Å². The highest BCUT2D eigenvalue weighted by Crippen LogP contribution is 2.38. The van der Waals surface area contributed by atoms with Crippen LogP contribution < -0.4 is 4.72 Å². The Hall–Kier alpha value is -3.87. The van der Waals surface area contributed by atoms with Gasteiger partial charge in [-0.1, -0.05) is 88.8 Å². The molecule has 0 radical (unpaired) electrons.